The fraction of sp³-hybridized carbons (Fsp3) is 0. The molecule has 0 aliphatic heterocycles. The lowest BCUT2D eigenvalue weighted by Crippen LogP contribution is -2.30. The van der Waals surface area contributed by atoms with Crippen molar-refractivity contribution in [3.05, 3.63) is 65.7 Å². The largest absolute Gasteiger partial charge is 0.478 e. The number of hydrogen-bond acceptors (Lipinski definition) is 3. The monoisotopic (exact) mass is 256 g/mol. The van der Waals surface area contributed by atoms with Gasteiger partial charge in [0.25, 0.3) is 5.91 Å². The fourth-order valence-corrected chi connectivity index (χ4v) is 1.56. The first-order chi connectivity index (χ1) is 9.18. The highest BCUT2D eigenvalue weighted by molar-refractivity contribution is 5.97. The van der Waals surface area contributed by atoms with Gasteiger partial charge in [-0.25, -0.2) is 4.79 Å². The van der Waals surface area contributed by atoms with E-state index in [-0.39, 0.29) is 11.5 Å². The number of hydrogen-bond donors (Lipinski definition) is 3. The highest BCUT2D eigenvalue weighted by atomic mass is 16.4. The van der Waals surface area contributed by atoms with Gasteiger partial charge in [0.05, 0.1) is 11.3 Å². The third-order valence-corrected chi connectivity index (χ3v) is 2.50. The number of carbonyl (C=O) groups excluding carboxylic acids is 1. The molecule has 5 heteroatoms. The Morgan fingerprint density at radius 3 is 2.21 bits per heavy atom. The first kappa shape index (κ1) is 12.6. The van der Waals surface area contributed by atoms with Gasteiger partial charge in [-0.3, -0.25) is 15.6 Å². The number of carboxylic acids is 1. The molecule has 0 saturated heterocycles. The van der Waals surface area contributed by atoms with Gasteiger partial charge in [0.15, 0.2) is 0 Å². The summed E-state index contributed by atoms with van der Waals surface area (Å²) in [6.07, 6.45) is 0. The van der Waals surface area contributed by atoms with E-state index in [1.54, 1.807) is 42.5 Å². The zero-order chi connectivity index (χ0) is 13.7. The van der Waals surface area contributed by atoms with Crippen molar-refractivity contribution in [1.82, 2.24) is 5.43 Å². The minimum atomic E-state index is -1.06. The van der Waals surface area contributed by atoms with Gasteiger partial charge in [-0.2, -0.15) is 0 Å². The smallest absolute Gasteiger partial charge is 0.337 e. The minimum Gasteiger partial charge on any atom is -0.478 e. The number of carbonyl (C=O) groups is 2. The molecule has 0 heterocycles. The number of benzene rings is 2. The molecule has 0 atom stereocenters. The molecule has 0 spiro atoms. The maximum atomic E-state index is 11.8. The summed E-state index contributed by atoms with van der Waals surface area (Å²) in [5.74, 6) is -1.39. The van der Waals surface area contributed by atoms with E-state index in [1.165, 1.54) is 6.07 Å². The van der Waals surface area contributed by atoms with Crippen LogP contribution in [0, 0.1) is 0 Å². The van der Waals surface area contributed by atoms with Crippen molar-refractivity contribution in [3.8, 4) is 0 Å². The normalized spacial score (nSPS) is 9.68. The molecule has 0 aliphatic carbocycles. The number of aromatic carboxylic acids is 1. The van der Waals surface area contributed by atoms with Crippen LogP contribution in [-0.2, 0) is 0 Å². The molecule has 0 bridgehead atoms. The van der Waals surface area contributed by atoms with E-state index in [2.05, 4.69) is 10.9 Å². The average molecular weight is 256 g/mol. The zero-order valence-corrected chi connectivity index (χ0v) is 9.96. The Morgan fingerprint density at radius 2 is 1.53 bits per heavy atom. The molecule has 0 fully saturated rings. The summed E-state index contributed by atoms with van der Waals surface area (Å²) in [7, 11) is 0. The summed E-state index contributed by atoms with van der Waals surface area (Å²) in [5.41, 5.74) is 5.99. The van der Waals surface area contributed by atoms with Crippen LogP contribution in [0.4, 0.5) is 5.69 Å². The molecule has 96 valence electrons. The van der Waals surface area contributed by atoms with Crippen LogP contribution in [0.2, 0.25) is 0 Å². The van der Waals surface area contributed by atoms with Crippen LogP contribution in [0.15, 0.2) is 54.6 Å². The van der Waals surface area contributed by atoms with Gasteiger partial charge in [0.1, 0.15) is 0 Å². The van der Waals surface area contributed by atoms with E-state index >= 15 is 0 Å². The molecule has 1 amide bonds. The summed E-state index contributed by atoms with van der Waals surface area (Å²) in [6, 6.07) is 15.0. The molecule has 0 aliphatic rings. The van der Waals surface area contributed by atoms with Gasteiger partial charge < -0.3 is 5.11 Å². The summed E-state index contributed by atoms with van der Waals surface area (Å²) < 4.78 is 0. The van der Waals surface area contributed by atoms with E-state index in [0.29, 0.717) is 11.3 Å². The Morgan fingerprint density at radius 1 is 0.895 bits per heavy atom. The lowest BCUT2D eigenvalue weighted by atomic mass is 10.2. The minimum absolute atomic E-state index is 0.0934. The molecule has 2 rings (SSSR count). The maximum absolute atomic E-state index is 11.8. The summed E-state index contributed by atoms with van der Waals surface area (Å²) in [5, 5.41) is 9.00. The molecule has 5 nitrogen and oxygen atoms in total. The van der Waals surface area contributed by atoms with E-state index < -0.39 is 5.97 Å². The second-order valence-electron chi connectivity index (χ2n) is 3.80. The molecule has 0 aromatic heterocycles. The molecule has 19 heavy (non-hydrogen) atoms. The predicted octanol–water partition coefficient (Wildman–Crippen LogP) is 2.14. The van der Waals surface area contributed by atoms with Crippen LogP contribution in [0.5, 0.6) is 0 Å². The van der Waals surface area contributed by atoms with E-state index in [0.717, 1.165) is 0 Å². The molecular weight excluding hydrogens is 244 g/mol. The highest BCUT2D eigenvalue weighted by Gasteiger charge is 2.10. The van der Waals surface area contributed by atoms with Crippen molar-refractivity contribution in [2.75, 3.05) is 5.43 Å². The number of anilines is 1. The van der Waals surface area contributed by atoms with Gasteiger partial charge in [0, 0.05) is 5.56 Å². The molecular formula is C14H12N2O3. The van der Waals surface area contributed by atoms with Gasteiger partial charge in [0.2, 0.25) is 0 Å². The number of amides is 1. The van der Waals surface area contributed by atoms with Crippen LogP contribution in [0.25, 0.3) is 0 Å². The zero-order valence-electron chi connectivity index (χ0n) is 9.96. The van der Waals surface area contributed by atoms with Gasteiger partial charge in [-0.15, -0.1) is 0 Å². The van der Waals surface area contributed by atoms with Crippen molar-refractivity contribution in [2.45, 2.75) is 0 Å². The van der Waals surface area contributed by atoms with Crippen LogP contribution in [0.3, 0.4) is 0 Å². The topological polar surface area (TPSA) is 78.4 Å². The molecule has 0 radical (unpaired) electrons. The van der Waals surface area contributed by atoms with Crippen molar-refractivity contribution in [3.63, 3.8) is 0 Å². The quantitative estimate of drug-likeness (QED) is 0.732. The Labute approximate surface area is 109 Å². The van der Waals surface area contributed by atoms with Crippen LogP contribution in [0.1, 0.15) is 20.7 Å². The molecule has 2 aromatic rings. The fourth-order valence-electron chi connectivity index (χ4n) is 1.56. The second-order valence-corrected chi connectivity index (χ2v) is 3.80. The Kier molecular flexibility index (Phi) is 3.78. The number of hydrazine groups is 1. The first-order valence-electron chi connectivity index (χ1n) is 5.62. The second kappa shape index (κ2) is 5.68. The van der Waals surface area contributed by atoms with Gasteiger partial charge >= 0.3 is 5.97 Å². The number of nitrogens with one attached hydrogen (secondary N) is 2. The molecule has 3 N–H and O–H groups in total. The molecule has 0 unspecified atom stereocenters. The van der Waals surface area contributed by atoms with Crippen LogP contribution < -0.4 is 10.9 Å². The lowest BCUT2D eigenvalue weighted by molar-refractivity contribution is 0.0697. The van der Waals surface area contributed by atoms with Crippen LogP contribution >= 0.6 is 0 Å². The Bertz CT molecular complexity index is 597. The highest BCUT2D eigenvalue weighted by Crippen LogP contribution is 2.13. The van der Waals surface area contributed by atoms with E-state index in [4.69, 9.17) is 5.11 Å². The summed E-state index contributed by atoms with van der Waals surface area (Å²) in [6.45, 7) is 0. The first-order valence-corrected chi connectivity index (χ1v) is 5.62. The standard InChI is InChI=1S/C14H12N2O3/c17-13(10-6-2-1-3-7-10)16-15-12-9-5-4-8-11(12)14(18)19/h1-9,15H,(H,16,17)(H,18,19). The average Bonchev–Trinajstić information content (AvgIpc) is 2.46. The summed E-state index contributed by atoms with van der Waals surface area (Å²) >= 11 is 0. The van der Waals surface area contributed by atoms with E-state index in [1.807, 2.05) is 6.07 Å². The Hall–Kier alpha value is -2.82. The number of rotatable bonds is 4. The van der Waals surface area contributed by atoms with E-state index in [9.17, 15) is 9.59 Å². The van der Waals surface area contributed by atoms with Crippen molar-refractivity contribution < 1.29 is 14.7 Å². The third-order valence-electron chi connectivity index (χ3n) is 2.50. The molecule has 0 saturated carbocycles. The maximum Gasteiger partial charge on any atom is 0.337 e. The Balaban J connectivity index is 2.07. The lowest BCUT2D eigenvalue weighted by Gasteiger charge is -2.10. The van der Waals surface area contributed by atoms with Crippen molar-refractivity contribution >= 4 is 17.6 Å². The third kappa shape index (κ3) is 3.10. The van der Waals surface area contributed by atoms with Crippen molar-refractivity contribution in [1.29, 1.82) is 0 Å². The van der Waals surface area contributed by atoms with Gasteiger partial charge in [-0.05, 0) is 24.3 Å². The number of carboxylic acid groups (broad SMARTS) is 1. The SMILES string of the molecule is O=C(NNc1ccccc1C(=O)O)c1ccccc1. The van der Waals surface area contributed by atoms with Gasteiger partial charge in [-0.1, -0.05) is 30.3 Å². The van der Waals surface area contributed by atoms with Crippen molar-refractivity contribution in [2.24, 2.45) is 0 Å². The number of para-hydroxylation sites is 1. The summed E-state index contributed by atoms with van der Waals surface area (Å²) in [4.78, 5) is 22.8. The van der Waals surface area contributed by atoms with Crippen LogP contribution in [-0.4, -0.2) is 17.0 Å². The predicted molar refractivity (Wildman–Crippen MR) is 70.9 cm³/mol. The molecule has 2 aromatic carbocycles.